The van der Waals surface area contributed by atoms with E-state index < -0.39 is 21.5 Å². The molecule has 1 aromatic rings. The molecule has 1 heterocycles. The fourth-order valence-corrected chi connectivity index (χ4v) is 4.37. The van der Waals surface area contributed by atoms with Gasteiger partial charge in [0.2, 0.25) is 15.9 Å². The highest BCUT2D eigenvalue weighted by atomic mass is 79.9. The maximum Gasteiger partial charge on any atom is 0.243 e. The second kappa shape index (κ2) is 7.51. The number of halogens is 1. The minimum Gasteiger partial charge on any atom is -0.389 e. The molecule has 0 spiro atoms. The average molecular weight is 419 g/mol. The van der Waals surface area contributed by atoms with Gasteiger partial charge >= 0.3 is 0 Å². The second-order valence-corrected chi connectivity index (χ2v) is 9.54. The number of sulfonamides is 1. The second-order valence-electron chi connectivity index (χ2n) is 6.69. The van der Waals surface area contributed by atoms with Crippen molar-refractivity contribution in [2.75, 3.05) is 19.6 Å². The molecular formula is C16H23BrN2O4S. The molecule has 0 radical (unpaired) electrons. The Kier molecular flexibility index (Phi) is 6.06. The van der Waals surface area contributed by atoms with Crippen molar-refractivity contribution in [3.8, 4) is 0 Å². The number of aliphatic hydroxyl groups is 1. The predicted octanol–water partition coefficient (Wildman–Crippen LogP) is 1.74. The van der Waals surface area contributed by atoms with Crippen molar-refractivity contribution in [3.05, 3.63) is 28.7 Å². The van der Waals surface area contributed by atoms with Crippen LogP contribution in [0.2, 0.25) is 0 Å². The summed E-state index contributed by atoms with van der Waals surface area (Å²) in [6.07, 6.45) is 1.28. The van der Waals surface area contributed by atoms with Gasteiger partial charge < -0.3 is 10.4 Å². The zero-order valence-electron chi connectivity index (χ0n) is 13.8. The average Bonchev–Trinajstić information content (AvgIpc) is 2.52. The summed E-state index contributed by atoms with van der Waals surface area (Å²) in [7, 11) is -3.61. The van der Waals surface area contributed by atoms with Gasteiger partial charge in [-0.1, -0.05) is 15.9 Å². The van der Waals surface area contributed by atoms with E-state index in [2.05, 4.69) is 21.2 Å². The van der Waals surface area contributed by atoms with E-state index in [-0.39, 0.29) is 23.9 Å². The molecule has 1 saturated heterocycles. The summed E-state index contributed by atoms with van der Waals surface area (Å²) < 4.78 is 27.6. The summed E-state index contributed by atoms with van der Waals surface area (Å²) in [5.41, 5.74) is -0.993. The molecule has 0 bridgehead atoms. The molecule has 1 atom stereocenters. The quantitative estimate of drug-likeness (QED) is 0.761. The molecule has 1 aromatic carbocycles. The third kappa shape index (κ3) is 5.02. The van der Waals surface area contributed by atoms with E-state index >= 15 is 0 Å². The molecule has 0 aromatic heterocycles. The van der Waals surface area contributed by atoms with Crippen LogP contribution in [-0.4, -0.2) is 49.0 Å². The molecular weight excluding hydrogens is 396 g/mol. The van der Waals surface area contributed by atoms with Crippen LogP contribution in [-0.2, 0) is 14.8 Å². The molecule has 134 valence electrons. The lowest BCUT2D eigenvalue weighted by Gasteiger charge is -2.31. The number of amides is 1. The summed E-state index contributed by atoms with van der Waals surface area (Å²) >= 11 is 3.29. The van der Waals surface area contributed by atoms with Crippen molar-refractivity contribution in [1.29, 1.82) is 0 Å². The van der Waals surface area contributed by atoms with E-state index in [1.807, 2.05) is 0 Å². The number of carbonyl (C=O) groups excluding carboxylic acids is 1. The summed E-state index contributed by atoms with van der Waals surface area (Å²) in [5, 5.41) is 12.4. The van der Waals surface area contributed by atoms with Crippen molar-refractivity contribution in [2.24, 2.45) is 5.92 Å². The molecule has 8 heteroatoms. The molecule has 24 heavy (non-hydrogen) atoms. The first-order chi connectivity index (χ1) is 11.1. The topological polar surface area (TPSA) is 86.7 Å². The first kappa shape index (κ1) is 19.4. The van der Waals surface area contributed by atoms with Crippen molar-refractivity contribution in [3.63, 3.8) is 0 Å². The van der Waals surface area contributed by atoms with Gasteiger partial charge in [-0.15, -0.1) is 0 Å². The number of nitrogens with zero attached hydrogens (tertiary/aromatic N) is 1. The number of rotatable bonds is 5. The van der Waals surface area contributed by atoms with E-state index in [1.54, 1.807) is 38.1 Å². The maximum atomic E-state index is 12.7. The first-order valence-corrected chi connectivity index (χ1v) is 10.1. The summed E-state index contributed by atoms with van der Waals surface area (Å²) in [5.74, 6) is -0.612. The van der Waals surface area contributed by atoms with Crippen LogP contribution in [0.25, 0.3) is 0 Å². The minimum absolute atomic E-state index is 0.141. The number of hydrogen-bond acceptors (Lipinski definition) is 4. The predicted molar refractivity (Wildman–Crippen MR) is 94.9 cm³/mol. The van der Waals surface area contributed by atoms with Gasteiger partial charge in [-0.25, -0.2) is 8.42 Å². The van der Waals surface area contributed by atoms with Gasteiger partial charge in [0.25, 0.3) is 0 Å². The van der Waals surface area contributed by atoms with E-state index in [0.717, 1.165) is 4.47 Å². The first-order valence-electron chi connectivity index (χ1n) is 7.85. The van der Waals surface area contributed by atoms with Crippen molar-refractivity contribution >= 4 is 31.9 Å². The van der Waals surface area contributed by atoms with Crippen LogP contribution in [0, 0.1) is 5.92 Å². The Morgan fingerprint density at radius 3 is 2.58 bits per heavy atom. The molecule has 1 fully saturated rings. The van der Waals surface area contributed by atoms with Crippen LogP contribution in [0.15, 0.2) is 33.6 Å². The third-order valence-corrected chi connectivity index (χ3v) is 6.31. The van der Waals surface area contributed by atoms with E-state index in [4.69, 9.17) is 0 Å². The van der Waals surface area contributed by atoms with Gasteiger partial charge in [-0.05, 0) is 51.0 Å². The van der Waals surface area contributed by atoms with Crippen LogP contribution in [0.5, 0.6) is 0 Å². The van der Waals surface area contributed by atoms with Gasteiger partial charge in [0, 0.05) is 24.1 Å². The van der Waals surface area contributed by atoms with Crippen LogP contribution in [0.1, 0.15) is 26.7 Å². The number of hydrogen-bond donors (Lipinski definition) is 2. The highest BCUT2D eigenvalue weighted by Gasteiger charge is 2.33. The molecule has 2 rings (SSSR count). The number of carbonyl (C=O) groups is 1. The molecule has 1 amide bonds. The Labute approximate surface area is 151 Å². The Hall–Kier alpha value is -0.960. The summed E-state index contributed by atoms with van der Waals surface area (Å²) in [4.78, 5) is 12.5. The minimum atomic E-state index is -3.61. The van der Waals surface area contributed by atoms with E-state index in [1.165, 1.54) is 4.31 Å². The number of benzene rings is 1. The number of nitrogens with one attached hydrogen (secondary N) is 1. The smallest absolute Gasteiger partial charge is 0.243 e. The fourth-order valence-electron chi connectivity index (χ4n) is 2.58. The highest BCUT2D eigenvalue weighted by molar-refractivity contribution is 9.10. The molecule has 1 aliphatic rings. The van der Waals surface area contributed by atoms with Crippen LogP contribution >= 0.6 is 15.9 Å². The molecule has 0 aliphatic carbocycles. The van der Waals surface area contributed by atoms with Gasteiger partial charge in [0.15, 0.2) is 0 Å². The zero-order chi connectivity index (χ0) is 18.0. The van der Waals surface area contributed by atoms with Gasteiger partial charge in [0.05, 0.1) is 16.4 Å². The molecule has 2 N–H and O–H groups in total. The van der Waals surface area contributed by atoms with Crippen LogP contribution in [0.4, 0.5) is 0 Å². The molecule has 1 aliphatic heterocycles. The van der Waals surface area contributed by atoms with E-state index in [9.17, 15) is 18.3 Å². The Morgan fingerprint density at radius 1 is 1.38 bits per heavy atom. The van der Waals surface area contributed by atoms with Gasteiger partial charge in [0.1, 0.15) is 0 Å². The molecule has 6 nitrogen and oxygen atoms in total. The SMILES string of the molecule is CC(C)(O)CNC(=O)C1CCCN(S(=O)(=O)c2ccc(Br)cc2)C1. The van der Waals surface area contributed by atoms with Crippen LogP contribution < -0.4 is 5.32 Å². The standard InChI is InChI=1S/C16H23BrN2O4S/c1-16(2,21)11-18-15(20)12-4-3-9-19(10-12)24(22,23)14-7-5-13(17)6-8-14/h5-8,12,21H,3-4,9-11H2,1-2H3,(H,18,20). The van der Waals surface area contributed by atoms with Gasteiger partial charge in [-0.2, -0.15) is 4.31 Å². The summed E-state index contributed by atoms with van der Waals surface area (Å²) in [6.45, 7) is 3.93. The Morgan fingerprint density at radius 2 is 2.00 bits per heavy atom. The van der Waals surface area contributed by atoms with Gasteiger partial charge in [-0.3, -0.25) is 4.79 Å². The van der Waals surface area contributed by atoms with E-state index in [0.29, 0.717) is 19.4 Å². The molecule has 0 saturated carbocycles. The zero-order valence-corrected chi connectivity index (χ0v) is 16.2. The van der Waals surface area contributed by atoms with Crippen molar-refractivity contribution < 1.29 is 18.3 Å². The van der Waals surface area contributed by atoms with Crippen molar-refractivity contribution in [1.82, 2.24) is 9.62 Å². The maximum absolute atomic E-state index is 12.7. The lowest BCUT2D eigenvalue weighted by atomic mass is 9.98. The normalized spacial score (nSPS) is 19.9. The monoisotopic (exact) mass is 418 g/mol. The largest absolute Gasteiger partial charge is 0.389 e. The highest BCUT2D eigenvalue weighted by Crippen LogP contribution is 2.25. The van der Waals surface area contributed by atoms with Crippen LogP contribution in [0.3, 0.4) is 0 Å². The fraction of sp³-hybridized carbons (Fsp3) is 0.562. The summed E-state index contributed by atoms with van der Waals surface area (Å²) in [6, 6.07) is 6.48. The molecule has 1 unspecified atom stereocenters. The van der Waals surface area contributed by atoms with Crippen molar-refractivity contribution in [2.45, 2.75) is 37.2 Å². The number of piperidine rings is 1. The lowest BCUT2D eigenvalue weighted by molar-refractivity contribution is -0.127. The Balaban J connectivity index is 2.07. The third-order valence-electron chi connectivity index (χ3n) is 3.90. The lowest BCUT2D eigenvalue weighted by Crippen LogP contribution is -2.47. The Bertz CT molecular complexity index is 683.